The number of carbonyl (C=O) groups excluding carboxylic acids is 1. The van der Waals surface area contributed by atoms with Gasteiger partial charge in [0.1, 0.15) is 11.6 Å². The molecular weight excluding hydrogens is 446 g/mol. The molecular formula is C24H33N9O2. The standard InChI is InChI=1S/C24H33N9O2/c1-4-15(2)33-18-11-20(27-12-17(18)21(30-33)31-9-6-16(34)13-31)28-19-5-8-26-23(29-19)32-10-7-24(3,14-32)22(25)35/h5,8,11-12,15-16,34H,4,6-7,9-10,13-14H2,1-3H3,(H2,25,35)(H,26,27,28,29)/t15-,16-,24+/m1/s1. The molecule has 3 atom stereocenters. The normalized spacial score (nSPS) is 23.3. The number of carbonyl (C=O) groups is 1. The number of nitrogens with two attached hydrogens (primary N) is 1. The van der Waals surface area contributed by atoms with Crippen LogP contribution >= 0.6 is 0 Å². The van der Waals surface area contributed by atoms with E-state index in [0.29, 0.717) is 43.6 Å². The summed E-state index contributed by atoms with van der Waals surface area (Å²) in [5.41, 5.74) is 6.00. The van der Waals surface area contributed by atoms with Crippen molar-refractivity contribution in [3.8, 4) is 0 Å². The van der Waals surface area contributed by atoms with E-state index in [2.05, 4.69) is 39.0 Å². The van der Waals surface area contributed by atoms with Crippen LogP contribution in [0.25, 0.3) is 10.9 Å². The first-order valence-corrected chi connectivity index (χ1v) is 12.2. The summed E-state index contributed by atoms with van der Waals surface area (Å²) in [5.74, 6) is 2.40. The maximum Gasteiger partial charge on any atom is 0.227 e. The van der Waals surface area contributed by atoms with Crippen LogP contribution in [0.1, 0.15) is 46.1 Å². The molecule has 0 saturated carbocycles. The van der Waals surface area contributed by atoms with Crippen molar-refractivity contribution in [3.63, 3.8) is 0 Å². The first-order valence-electron chi connectivity index (χ1n) is 12.2. The fraction of sp³-hybridized carbons (Fsp3) is 0.542. The molecule has 0 spiro atoms. The number of aliphatic hydroxyl groups is 1. The molecule has 11 heteroatoms. The number of nitrogens with zero attached hydrogens (tertiary/aromatic N) is 7. The van der Waals surface area contributed by atoms with E-state index < -0.39 is 5.41 Å². The SMILES string of the molecule is CC[C@@H](C)n1nc(N2CC[C@@H](O)C2)c2cnc(Nc3ccnc(N4CC[C@](C)(C(N)=O)C4)n3)cc21. The molecule has 35 heavy (non-hydrogen) atoms. The molecule has 5 heterocycles. The molecule has 0 radical (unpaired) electrons. The van der Waals surface area contributed by atoms with E-state index >= 15 is 0 Å². The van der Waals surface area contributed by atoms with Crippen molar-refractivity contribution in [1.82, 2.24) is 24.7 Å². The minimum Gasteiger partial charge on any atom is -0.391 e. The maximum atomic E-state index is 11.8. The Kier molecular flexibility index (Phi) is 5.96. The largest absolute Gasteiger partial charge is 0.391 e. The van der Waals surface area contributed by atoms with Crippen LogP contribution in [0.15, 0.2) is 24.5 Å². The van der Waals surface area contributed by atoms with Crippen molar-refractivity contribution in [2.24, 2.45) is 11.1 Å². The van der Waals surface area contributed by atoms with E-state index in [4.69, 9.17) is 10.8 Å². The molecule has 11 nitrogen and oxygen atoms in total. The lowest BCUT2D eigenvalue weighted by Crippen LogP contribution is -2.37. The van der Waals surface area contributed by atoms with Crippen LogP contribution < -0.4 is 20.9 Å². The fourth-order valence-corrected chi connectivity index (χ4v) is 4.80. The zero-order valence-electron chi connectivity index (χ0n) is 20.5. The Morgan fingerprint density at radius 3 is 2.83 bits per heavy atom. The summed E-state index contributed by atoms with van der Waals surface area (Å²) < 4.78 is 2.04. The van der Waals surface area contributed by atoms with Crippen LogP contribution in [0.4, 0.5) is 23.4 Å². The van der Waals surface area contributed by atoms with Gasteiger partial charge in [-0.1, -0.05) is 6.92 Å². The summed E-state index contributed by atoms with van der Waals surface area (Å²) >= 11 is 0. The second kappa shape index (κ2) is 8.95. The van der Waals surface area contributed by atoms with Gasteiger partial charge in [0.2, 0.25) is 11.9 Å². The smallest absolute Gasteiger partial charge is 0.227 e. The first kappa shape index (κ1) is 23.3. The minimum absolute atomic E-state index is 0.217. The van der Waals surface area contributed by atoms with Gasteiger partial charge < -0.3 is 26.0 Å². The number of hydrogen-bond acceptors (Lipinski definition) is 9. The van der Waals surface area contributed by atoms with Crippen LogP contribution in [0.2, 0.25) is 0 Å². The summed E-state index contributed by atoms with van der Waals surface area (Å²) in [6.45, 7) is 8.71. The van der Waals surface area contributed by atoms with E-state index in [1.165, 1.54) is 0 Å². The Bertz CT molecular complexity index is 1240. The van der Waals surface area contributed by atoms with E-state index in [-0.39, 0.29) is 18.1 Å². The number of fused-ring (bicyclic) bond motifs is 1. The third kappa shape index (κ3) is 4.36. The average Bonchev–Trinajstić information content (AvgIpc) is 3.56. The highest BCUT2D eigenvalue weighted by atomic mass is 16.3. The van der Waals surface area contributed by atoms with Crippen LogP contribution in [0, 0.1) is 5.41 Å². The lowest BCUT2D eigenvalue weighted by molar-refractivity contribution is -0.125. The predicted octanol–water partition coefficient (Wildman–Crippen LogP) is 2.21. The third-order valence-corrected chi connectivity index (χ3v) is 7.29. The molecule has 3 aromatic heterocycles. The summed E-state index contributed by atoms with van der Waals surface area (Å²) in [7, 11) is 0. The van der Waals surface area contributed by atoms with Crippen LogP contribution in [0.5, 0.6) is 0 Å². The van der Waals surface area contributed by atoms with Crippen molar-refractivity contribution in [2.45, 2.75) is 52.2 Å². The lowest BCUT2D eigenvalue weighted by Gasteiger charge is -2.21. The molecule has 186 valence electrons. The molecule has 0 unspecified atom stereocenters. The van der Waals surface area contributed by atoms with Crippen LogP contribution in [-0.2, 0) is 4.79 Å². The van der Waals surface area contributed by atoms with Crippen molar-refractivity contribution in [2.75, 3.05) is 41.3 Å². The van der Waals surface area contributed by atoms with E-state index in [9.17, 15) is 9.90 Å². The highest BCUT2D eigenvalue weighted by molar-refractivity contribution is 5.92. The number of primary amides is 1. The van der Waals surface area contributed by atoms with Gasteiger partial charge in [0, 0.05) is 50.7 Å². The van der Waals surface area contributed by atoms with Gasteiger partial charge in [-0.3, -0.25) is 9.48 Å². The first-order chi connectivity index (χ1) is 16.8. The highest BCUT2D eigenvalue weighted by Crippen LogP contribution is 2.34. The summed E-state index contributed by atoms with van der Waals surface area (Å²) in [4.78, 5) is 29.6. The molecule has 5 rings (SSSR count). The van der Waals surface area contributed by atoms with E-state index in [1.54, 1.807) is 12.3 Å². The Labute approximate surface area is 204 Å². The monoisotopic (exact) mass is 479 g/mol. The van der Waals surface area contributed by atoms with Gasteiger partial charge in [-0.15, -0.1) is 0 Å². The zero-order valence-corrected chi connectivity index (χ0v) is 20.5. The molecule has 2 fully saturated rings. The van der Waals surface area contributed by atoms with Gasteiger partial charge in [0.05, 0.1) is 22.4 Å². The molecule has 2 aliphatic rings. The van der Waals surface area contributed by atoms with Gasteiger partial charge in [-0.25, -0.2) is 9.97 Å². The molecule has 1 amide bonds. The molecule has 2 saturated heterocycles. The van der Waals surface area contributed by atoms with Gasteiger partial charge in [-0.2, -0.15) is 10.1 Å². The maximum absolute atomic E-state index is 11.8. The molecule has 0 aliphatic carbocycles. The molecule has 3 aromatic rings. The molecule has 0 aromatic carbocycles. The van der Waals surface area contributed by atoms with Gasteiger partial charge >= 0.3 is 0 Å². The van der Waals surface area contributed by atoms with Crippen LogP contribution in [-0.4, -0.2) is 68.0 Å². The zero-order chi connectivity index (χ0) is 24.7. The quantitative estimate of drug-likeness (QED) is 0.465. The van der Waals surface area contributed by atoms with Crippen molar-refractivity contribution in [1.29, 1.82) is 0 Å². The Hall–Kier alpha value is -3.47. The second-order valence-electron chi connectivity index (χ2n) is 9.96. The lowest BCUT2D eigenvalue weighted by atomic mass is 9.89. The predicted molar refractivity (Wildman–Crippen MR) is 135 cm³/mol. The van der Waals surface area contributed by atoms with E-state index in [1.807, 2.05) is 28.8 Å². The van der Waals surface area contributed by atoms with Gasteiger partial charge in [0.25, 0.3) is 0 Å². The number of nitrogens with one attached hydrogen (secondary N) is 1. The number of amides is 1. The molecule has 2 aliphatic heterocycles. The summed E-state index contributed by atoms with van der Waals surface area (Å²) in [6, 6.07) is 4.00. The van der Waals surface area contributed by atoms with Gasteiger partial charge in [-0.05, 0) is 39.2 Å². The summed E-state index contributed by atoms with van der Waals surface area (Å²) in [5, 5.41) is 19.2. The van der Waals surface area contributed by atoms with E-state index in [0.717, 1.165) is 36.1 Å². The topological polar surface area (TPSA) is 138 Å². The number of rotatable bonds is 7. The Morgan fingerprint density at radius 1 is 1.31 bits per heavy atom. The third-order valence-electron chi connectivity index (χ3n) is 7.29. The number of pyridine rings is 1. The highest BCUT2D eigenvalue weighted by Gasteiger charge is 2.39. The number of β-amino-alcohol motifs (C(OH)–C–C–N with tert-alkyl or cyclic N) is 1. The number of aliphatic hydroxyl groups excluding tert-OH is 1. The van der Waals surface area contributed by atoms with Crippen molar-refractivity contribution < 1.29 is 9.90 Å². The summed E-state index contributed by atoms with van der Waals surface area (Å²) in [6.07, 6.45) is 5.58. The Balaban J connectivity index is 1.42. The second-order valence-corrected chi connectivity index (χ2v) is 9.96. The van der Waals surface area contributed by atoms with Crippen LogP contribution in [0.3, 0.4) is 0 Å². The number of hydrogen-bond donors (Lipinski definition) is 3. The van der Waals surface area contributed by atoms with Crippen molar-refractivity contribution in [3.05, 3.63) is 24.5 Å². The average molecular weight is 480 g/mol. The number of anilines is 4. The minimum atomic E-state index is -0.573. The fourth-order valence-electron chi connectivity index (χ4n) is 4.80. The Morgan fingerprint density at radius 2 is 2.14 bits per heavy atom. The molecule has 4 N–H and O–H groups in total. The molecule has 0 bridgehead atoms. The number of aromatic nitrogens is 5. The van der Waals surface area contributed by atoms with Crippen molar-refractivity contribution >= 4 is 40.2 Å². The van der Waals surface area contributed by atoms with Gasteiger partial charge in [0.15, 0.2) is 5.82 Å².